The Balaban J connectivity index is 2.49. The second-order valence-electron chi connectivity index (χ2n) is 3.28. The first kappa shape index (κ1) is 8.30. The van der Waals surface area contributed by atoms with Crippen molar-refractivity contribution in [2.75, 3.05) is 0 Å². The Morgan fingerprint density at radius 1 is 1.31 bits per heavy atom. The van der Waals surface area contributed by atoms with Crippen LogP contribution >= 0.6 is 0 Å². The van der Waals surface area contributed by atoms with E-state index in [0.29, 0.717) is 0 Å². The number of hydrogen-bond donors (Lipinski definition) is 1. The first-order chi connectivity index (χ1) is 6.29. The number of aromatic amines is 1. The maximum Gasteiger partial charge on any atom is 0.125 e. The Kier molecular flexibility index (Phi) is 2.05. The summed E-state index contributed by atoms with van der Waals surface area (Å²) >= 11 is 0. The summed E-state index contributed by atoms with van der Waals surface area (Å²) in [7, 11) is 0. The Bertz CT molecular complexity index is 417. The highest BCUT2D eigenvalue weighted by Crippen LogP contribution is 2.17. The van der Waals surface area contributed by atoms with Gasteiger partial charge < -0.3 is 4.98 Å². The van der Waals surface area contributed by atoms with Crippen molar-refractivity contribution in [3.8, 4) is 0 Å². The van der Waals surface area contributed by atoms with Crippen LogP contribution in [0.1, 0.15) is 19.0 Å². The van der Waals surface area contributed by atoms with Crippen molar-refractivity contribution < 1.29 is 4.39 Å². The Morgan fingerprint density at radius 2 is 2.15 bits per heavy atom. The summed E-state index contributed by atoms with van der Waals surface area (Å²) in [6.45, 7) is 2.13. The van der Waals surface area contributed by atoms with Crippen LogP contribution < -0.4 is 0 Å². The van der Waals surface area contributed by atoms with Gasteiger partial charge in [0.1, 0.15) is 5.82 Å². The predicted molar refractivity (Wildman–Crippen MR) is 52.3 cm³/mol. The second-order valence-corrected chi connectivity index (χ2v) is 3.28. The zero-order valence-electron chi connectivity index (χ0n) is 7.60. The third kappa shape index (κ3) is 1.57. The summed E-state index contributed by atoms with van der Waals surface area (Å²) in [6.07, 6.45) is 2.13. The molecule has 1 nitrogen and oxygen atoms in total. The van der Waals surface area contributed by atoms with E-state index in [2.05, 4.69) is 18.0 Å². The van der Waals surface area contributed by atoms with Crippen molar-refractivity contribution in [2.24, 2.45) is 0 Å². The molecular weight excluding hydrogens is 165 g/mol. The summed E-state index contributed by atoms with van der Waals surface area (Å²) in [5.74, 6) is -0.183. The molecule has 0 saturated carbocycles. The molecule has 1 heterocycles. The molecule has 68 valence electrons. The smallest absolute Gasteiger partial charge is 0.125 e. The third-order valence-electron chi connectivity index (χ3n) is 2.16. The first-order valence-corrected chi connectivity index (χ1v) is 4.57. The minimum absolute atomic E-state index is 0.183. The van der Waals surface area contributed by atoms with Crippen LogP contribution in [0.2, 0.25) is 0 Å². The number of fused-ring (bicyclic) bond motifs is 1. The maximum absolute atomic E-state index is 12.8. The van der Waals surface area contributed by atoms with Gasteiger partial charge in [-0.2, -0.15) is 0 Å². The molecule has 1 aromatic heterocycles. The van der Waals surface area contributed by atoms with Gasteiger partial charge in [0.2, 0.25) is 0 Å². The topological polar surface area (TPSA) is 15.8 Å². The fourth-order valence-electron chi connectivity index (χ4n) is 1.56. The van der Waals surface area contributed by atoms with Crippen molar-refractivity contribution in [2.45, 2.75) is 19.8 Å². The number of hydrogen-bond acceptors (Lipinski definition) is 0. The lowest BCUT2D eigenvalue weighted by Gasteiger charge is -1.89. The highest BCUT2D eigenvalue weighted by Gasteiger charge is 2.00. The number of H-pyrrole nitrogens is 1. The van der Waals surface area contributed by atoms with E-state index in [1.54, 1.807) is 6.07 Å². The lowest BCUT2D eigenvalue weighted by Crippen LogP contribution is -1.80. The molecule has 0 saturated heterocycles. The third-order valence-corrected chi connectivity index (χ3v) is 2.16. The van der Waals surface area contributed by atoms with E-state index in [4.69, 9.17) is 0 Å². The van der Waals surface area contributed by atoms with E-state index in [9.17, 15) is 4.39 Å². The van der Waals surface area contributed by atoms with Gasteiger partial charge in [0, 0.05) is 11.2 Å². The van der Waals surface area contributed by atoms with Crippen LogP contribution in [0, 0.1) is 5.82 Å². The van der Waals surface area contributed by atoms with Crippen molar-refractivity contribution in [1.29, 1.82) is 0 Å². The molecular formula is C11H12FN. The standard InChI is InChI=1S/C11H12FN/c1-2-3-10-6-8-4-5-9(12)7-11(8)13-10/h4-7,13H,2-3H2,1H3. The summed E-state index contributed by atoms with van der Waals surface area (Å²) in [5, 5.41) is 1.09. The van der Waals surface area contributed by atoms with Gasteiger partial charge in [-0.15, -0.1) is 0 Å². The predicted octanol–water partition coefficient (Wildman–Crippen LogP) is 3.26. The molecule has 2 heteroatoms. The highest BCUT2D eigenvalue weighted by atomic mass is 19.1. The normalized spacial score (nSPS) is 10.9. The molecule has 0 atom stereocenters. The lowest BCUT2D eigenvalue weighted by molar-refractivity contribution is 0.629. The van der Waals surface area contributed by atoms with Crippen LogP contribution in [-0.2, 0) is 6.42 Å². The average molecular weight is 177 g/mol. The van der Waals surface area contributed by atoms with Gasteiger partial charge in [0.15, 0.2) is 0 Å². The minimum Gasteiger partial charge on any atom is -0.358 e. The second kappa shape index (κ2) is 3.21. The molecule has 2 aromatic rings. The van der Waals surface area contributed by atoms with Crippen LogP contribution in [-0.4, -0.2) is 4.98 Å². The number of rotatable bonds is 2. The van der Waals surface area contributed by atoms with Gasteiger partial charge in [0.05, 0.1) is 0 Å². The summed E-state index contributed by atoms with van der Waals surface area (Å²) in [4.78, 5) is 3.20. The summed E-state index contributed by atoms with van der Waals surface area (Å²) in [5.41, 5.74) is 2.08. The van der Waals surface area contributed by atoms with Crippen molar-refractivity contribution in [3.63, 3.8) is 0 Å². The Labute approximate surface area is 76.6 Å². The van der Waals surface area contributed by atoms with Crippen LogP contribution in [0.15, 0.2) is 24.3 Å². The summed E-state index contributed by atoms with van der Waals surface area (Å²) < 4.78 is 12.8. The highest BCUT2D eigenvalue weighted by molar-refractivity contribution is 5.80. The molecule has 0 unspecified atom stereocenters. The quantitative estimate of drug-likeness (QED) is 0.724. The fourth-order valence-corrected chi connectivity index (χ4v) is 1.56. The van der Waals surface area contributed by atoms with E-state index < -0.39 is 0 Å². The molecule has 0 aliphatic rings. The molecule has 0 spiro atoms. The first-order valence-electron chi connectivity index (χ1n) is 4.57. The number of aryl methyl sites for hydroxylation is 1. The lowest BCUT2D eigenvalue weighted by atomic mass is 10.2. The van der Waals surface area contributed by atoms with Gasteiger partial charge in [-0.3, -0.25) is 0 Å². The number of aromatic nitrogens is 1. The molecule has 0 amide bonds. The molecule has 0 fully saturated rings. The number of nitrogens with one attached hydrogen (secondary N) is 1. The molecule has 0 aliphatic carbocycles. The zero-order valence-corrected chi connectivity index (χ0v) is 7.60. The van der Waals surface area contributed by atoms with Crippen LogP contribution in [0.4, 0.5) is 4.39 Å². The summed E-state index contributed by atoms with van der Waals surface area (Å²) in [6, 6.07) is 6.92. The molecule has 13 heavy (non-hydrogen) atoms. The zero-order chi connectivity index (χ0) is 9.26. The van der Waals surface area contributed by atoms with E-state index in [1.807, 2.05) is 0 Å². The van der Waals surface area contributed by atoms with E-state index in [0.717, 1.165) is 23.7 Å². The number of halogens is 1. The maximum atomic E-state index is 12.8. The molecule has 0 radical (unpaired) electrons. The van der Waals surface area contributed by atoms with Gasteiger partial charge in [-0.25, -0.2) is 4.39 Å². The Hall–Kier alpha value is -1.31. The average Bonchev–Trinajstić information content (AvgIpc) is 2.46. The SMILES string of the molecule is CCCc1cc2ccc(F)cc2[nH]1. The molecule has 2 rings (SSSR count). The molecule has 1 N–H and O–H groups in total. The Morgan fingerprint density at radius 3 is 2.92 bits per heavy atom. The molecule has 0 aliphatic heterocycles. The number of benzene rings is 1. The van der Waals surface area contributed by atoms with Gasteiger partial charge in [0.25, 0.3) is 0 Å². The van der Waals surface area contributed by atoms with Crippen LogP contribution in [0.25, 0.3) is 10.9 Å². The molecule has 0 bridgehead atoms. The molecule has 1 aromatic carbocycles. The van der Waals surface area contributed by atoms with Crippen molar-refractivity contribution in [3.05, 3.63) is 35.8 Å². The van der Waals surface area contributed by atoms with Gasteiger partial charge in [-0.1, -0.05) is 13.3 Å². The van der Waals surface area contributed by atoms with E-state index >= 15 is 0 Å². The monoisotopic (exact) mass is 177 g/mol. The fraction of sp³-hybridized carbons (Fsp3) is 0.273. The van der Waals surface area contributed by atoms with Crippen LogP contribution in [0.3, 0.4) is 0 Å². The van der Waals surface area contributed by atoms with Crippen LogP contribution in [0.5, 0.6) is 0 Å². The van der Waals surface area contributed by atoms with Crippen molar-refractivity contribution >= 4 is 10.9 Å². The van der Waals surface area contributed by atoms with Crippen molar-refractivity contribution in [1.82, 2.24) is 4.98 Å². The van der Waals surface area contributed by atoms with E-state index in [1.165, 1.54) is 17.8 Å². The minimum atomic E-state index is -0.183. The van der Waals surface area contributed by atoms with E-state index in [-0.39, 0.29) is 5.82 Å². The van der Waals surface area contributed by atoms with Gasteiger partial charge >= 0.3 is 0 Å². The largest absolute Gasteiger partial charge is 0.358 e. The van der Waals surface area contributed by atoms with Gasteiger partial charge in [-0.05, 0) is 36.1 Å².